The molecule has 0 saturated carbocycles. The molecule has 1 rings (SSSR count). The number of rotatable bonds is 2. The molecule has 0 aliphatic carbocycles. The second-order valence-corrected chi connectivity index (χ2v) is 4.57. The van der Waals surface area contributed by atoms with Crippen LogP contribution in [0.3, 0.4) is 0 Å². The summed E-state index contributed by atoms with van der Waals surface area (Å²) in [7, 11) is 0. The van der Waals surface area contributed by atoms with E-state index in [1.807, 2.05) is 6.07 Å². The molecular formula is C9H11Br2N. The maximum absolute atomic E-state index is 4.39. The number of hydrogen-bond acceptors (Lipinski definition) is 1. The van der Waals surface area contributed by atoms with Gasteiger partial charge in [-0.2, -0.15) is 0 Å². The van der Waals surface area contributed by atoms with Gasteiger partial charge in [-0.1, -0.05) is 29.8 Å². The van der Waals surface area contributed by atoms with Crippen LogP contribution in [-0.4, -0.2) is 4.98 Å². The quantitative estimate of drug-likeness (QED) is 0.747. The van der Waals surface area contributed by atoms with E-state index in [-0.39, 0.29) is 0 Å². The lowest BCUT2D eigenvalue weighted by Gasteiger charge is -2.08. The monoisotopic (exact) mass is 291 g/mol. The van der Waals surface area contributed by atoms with Gasteiger partial charge in [0.15, 0.2) is 0 Å². The minimum absolute atomic E-state index is 0.527. The van der Waals surface area contributed by atoms with E-state index in [9.17, 15) is 0 Å². The van der Waals surface area contributed by atoms with Crippen molar-refractivity contribution in [2.75, 3.05) is 0 Å². The Bertz CT molecular complexity index is 253. The Labute approximate surface area is 89.8 Å². The zero-order valence-electron chi connectivity index (χ0n) is 7.14. The number of aromatic nitrogens is 1. The van der Waals surface area contributed by atoms with Crippen molar-refractivity contribution in [3.05, 3.63) is 26.9 Å². The first-order chi connectivity index (χ1) is 5.63. The van der Waals surface area contributed by atoms with Crippen LogP contribution in [0.2, 0.25) is 0 Å². The molecule has 0 fully saturated rings. The normalized spacial score (nSPS) is 13.0. The molecule has 0 amide bonds. The van der Waals surface area contributed by atoms with Crippen LogP contribution < -0.4 is 0 Å². The molecule has 0 saturated heterocycles. The van der Waals surface area contributed by atoms with Crippen LogP contribution in [-0.2, 0) is 0 Å². The third-order valence-electron chi connectivity index (χ3n) is 1.90. The molecule has 0 aliphatic rings. The van der Waals surface area contributed by atoms with Crippen molar-refractivity contribution >= 4 is 31.9 Å². The van der Waals surface area contributed by atoms with E-state index in [2.05, 4.69) is 56.8 Å². The second kappa shape index (κ2) is 4.38. The van der Waals surface area contributed by atoms with Crippen molar-refractivity contribution < 1.29 is 0 Å². The van der Waals surface area contributed by atoms with Crippen molar-refractivity contribution in [3.8, 4) is 0 Å². The van der Waals surface area contributed by atoms with Gasteiger partial charge in [0.1, 0.15) is 4.60 Å². The van der Waals surface area contributed by atoms with Gasteiger partial charge in [-0.25, -0.2) is 4.98 Å². The zero-order valence-corrected chi connectivity index (χ0v) is 10.3. The molecule has 0 aromatic carbocycles. The highest BCUT2D eigenvalue weighted by Crippen LogP contribution is 2.23. The summed E-state index contributed by atoms with van der Waals surface area (Å²) < 4.78 is 1.98. The lowest BCUT2D eigenvalue weighted by atomic mass is 10.1. The van der Waals surface area contributed by atoms with Crippen LogP contribution in [0.25, 0.3) is 0 Å². The SMILES string of the molecule is CCC(C)c1cc(Br)cc(Br)n1. The fourth-order valence-corrected chi connectivity index (χ4v) is 2.16. The molecule has 0 radical (unpaired) electrons. The van der Waals surface area contributed by atoms with E-state index in [4.69, 9.17) is 0 Å². The molecule has 1 aromatic heterocycles. The summed E-state index contributed by atoms with van der Waals surface area (Å²) in [5.74, 6) is 0.527. The summed E-state index contributed by atoms with van der Waals surface area (Å²) in [6.07, 6.45) is 1.12. The van der Waals surface area contributed by atoms with Crippen molar-refractivity contribution in [1.82, 2.24) is 4.98 Å². The standard InChI is InChI=1S/C9H11Br2N/c1-3-6(2)8-4-7(10)5-9(11)12-8/h4-6H,3H2,1-2H3. The Morgan fingerprint density at radius 3 is 2.58 bits per heavy atom. The average molecular weight is 293 g/mol. The van der Waals surface area contributed by atoms with Gasteiger partial charge in [-0.15, -0.1) is 0 Å². The van der Waals surface area contributed by atoms with Gasteiger partial charge in [-0.3, -0.25) is 0 Å². The lowest BCUT2D eigenvalue weighted by molar-refractivity contribution is 0.705. The van der Waals surface area contributed by atoms with Gasteiger partial charge in [0.25, 0.3) is 0 Å². The third kappa shape index (κ3) is 2.56. The molecule has 0 spiro atoms. The van der Waals surface area contributed by atoms with Gasteiger partial charge in [0, 0.05) is 10.2 Å². The summed E-state index contributed by atoms with van der Waals surface area (Å²) in [6, 6.07) is 4.02. The average Bonchev–Trinajstić information content (AvgIpc) is 2.01. The van der Waals surface area contributed by atoms with Crippen LogP contribution in [0.4, 0.5) is 0 Å². The first kappa shape index (κ1) is 10.2. The maximum Gasteiger partial charge on any atom is 0.107 e. The van der Waals surface area contributed by atoms with Crippen LogP contribution in [0.15, 0.2) is 21.2 Å². The molecule has 0 bridgehead atoms. The fourth-order valence-electron chi connectivity index (χ4n) is 0.946. The summed E-state index contributed by atoms with van der Waals surface area (Å²) in [6.45, 7) is 4.35. The predicted octanol–water partition coefficient (Wildman–Crippen LogP) is 4.12. The van der Waals surface area contributed by atoms with Gasteiger partial charge >= 0.3 is 0 Å². The Kier molecular flexibility index (Phi) is 3.72. The number of halogens is 2. The molecule has 1 heterocycles. The molecule has 66 valence electrons. The van der Waals surface area contributed by atoms with Crippen LogP contribution >= 0.6 is 31.9 Å². The molecule has 12 heavy (non-hydrogen) atoms. The largest absolute Gasteiger partial charge is 0.246 e. The summed E-state index contributed by atoms with van der Waals surface area (Å²) in [5, 5.41) is 0. The van der Waals surface area contributed by atoms with E-state index in [0.29, 0.717) is 5.92 Å². The smallest absolute Gasteiger partial charge is 0.107 e. The zero-order chi connectivity index (χ0) is 9.14. The topological polar surface area (TPSA) is 12.9 Å². The van der Waals surface area contributed by atoms with Gasteiger partial charge < -0.3 is 0 Å². The summed E-state index contributed by atoms with van der Waals surface area (Å²) >= 11 is 6.81. The molecule has 1 atom stereocenters. The molecule has 1 nitrogen and oxygen atoms in total. The van der Waals surface area contributed by atoms with Crippen LogP contribution in [0.1, 0.15) is 31.9 Å². The highest BCUT2D eigenvalue weighted by Gasteiger charge is 2.05. The summed E-state index contributed by atoms with van der Waals surface area (Å²) in [4.78, 5) is 4.39. The lowest BCUT2D eigenvalue weighted by Crippen LogP contribution is -1.95. The Morgan fingerprint density at radius 1 is 1.42 bits per heavy atom. The van der Waals surface area contributed by atoms with Crippen molar-refractivity contribution in [2.45, 2.75) is 26.2 Å². The van der Waals surface area contributed by atoms with Crippen LogP contribution in [0.5, 0.6) is 0 Å². The van der Waals surface area contributed by atoms with E-state index < -0.39 is 0 Å². The van der Waals surface area contributed by atoms with Crippen LogP contribution in [0, 0.1) is 0 Å². The highest BCUT2D eigenvalue weighted by molar-refractivity contribution is 9.11. The molecule has 1 aromatic rings. The minimum atomic E-state index is 0.527. The van der Waals surface area contributed by atoms with Gasteiger partial charge in [0.2, 0.25) is 0 Å². The highest BCUT2D eigenvalue weighted by atomic mass is 79.9. The fraction of sp³-hybridized carbons (Fsp3) is 0.444. The van der Waals surface area contributed by atoms with E-state index >= 15 is 0 Å². The van der Waals surface area contributed by atoms with E-state index in [1.165, 1.54) is 0 Å². The van der Waals surface area contributed by atoms with E-state index in [0.717, 1.165) is 21.2 Å². The van der Waals surface area contributed by atoms with Gasteiger partial charge in [0.05, 0.1) is 0 Å². The third-order valence-corrected chi connectivity index (χ3v) is 2.76. The second-order valence-electron chi connectivity index (χ2n) is 2.84. The predicted molar refractivity (Wildman–Crippen MR) is 58.3 cm³/mol. The summed E-state index contributed by atoms with van der Waals surface area (Å²) in [5.41, 5.74) is 1.14. The molecule has 3 heteroatoms. The first-order valence-corrected chi connectivity index (χ1v) is 5.55. The maximum atomic E-state index is 4.39. The molecule has 0 aliphatic heterocycles. The van der Waals surface area contributed by atoms with Crippen molar-refractivity contribution in [3.63, 3.8) is 0 Å². The number of pyridine rings is 1. The molecule has 1 unspecified atom stereocenters. The van der Waals surface area contributed by atoms with Gasteiger partial charge in [-0.05, 0) is 40.4 Å². The first-order valence-electron chi connectivity index (χ1n) is 3.96. The Balaban J connectivity index is 3.00. The Morgan fingerprint density at radius 2 is 2.08 bits per heavy atom. The van der Waals surface area contributed by atoms with E-state index in [1.54, 1.807) is 0 Å². The molecule has 0 N–H and O–H groups in total. The van der Waals surface area contributed by atoms with Crippen molar-refractivity contribution in [1.29, 1.82) is 0 Å². The molecular weight excluding hydrogens is 282 g/mol. The van der Waals surface area contributed by atoms with Crippen molar-refractivity contribution in [2.24, 2.45) is 0 Å². The number of hydrogen-bond donors (Lipinski definition) is 0. The number of nitrogens with zero attached hydrogens (tertiary/aromatic N) is 1. The minimum Gasteiger partial charge on any atom is -0.246 e. The Hall–Kier alpha value is 0.110.